The van der Waals surface area contributed by atoms with E-state index in [1.165, 1.54) is 0 Å². The van der Waals surface area contributed by atoms with E-state index in [-0.39, 0.29) is 11.8 Å². The lowest BCUT2D eigenvalue weighted by molar-refractivity contribution is -0.120. The summed E-state index contributed by atoms with van der Waals surface area (Å²) in [7, 11) is 0. The van der Waals surface area contributed by atoms with Gasteiger partial charge in [0.15, 0.2) is 0 Å². The van der Waals surface area contributed by atoms with Crippen molar-refractivity contribution in [1.82, 2.24) is 4.98 Å². The molecule has 2 N–H and O–H groups in total. The van der Waals surface area contributed by atoms with Crippen molar-refractivity contribution in [1.29, 1.82) is 0 Å². The molecule has 1 aromatic heterocycles. The molecule has 0 bridgehead atoms. The van der Waals surface area contributed by atoms with Gasteiger partial charge in [0, 0.05) is 17.8 Å². The summed E-state index contributed by atoms with van der Waals surface area (Å²) in [5, 5.41) is 2.87. The number of anilines is 1. The lowest BCUT2D eigenvalue weighted by Gasteiger charge is -2.15. The number of aromatic amines is 1. The molecule has 1 rings (SSSR count). The Kier molecular flexibility index (Phi) is 6.99. The fourth-order valence-corrected chi connectivity index (χ4v) is 2.43. The highest BCUT2D eigenvalue weighted by atomic mass is 16.5. The zero-order valence-corrected chi connectivity index (χ0v) is 13.4. The molecule has 1 aromatic rings. The Morgan fingerprint density at radius 1 is 1.24 bits per heavy atom. The van der Waals surface area contributed by atoms with Crippen molar-refractivity contribution in [3.05, 3.63) is 17.5 Å². The van der Waals surface area contributed by atoms with Crippen LogP contribution in [0.3, 0.4) is 0 Å². The minimum atomic E-state index is -0.408. The van der Waals surface area contributed by atoms with Gasteiger partial charge >= 0.3 is 5.97 Å². The van der Waals surface area contributed by atoms with Crippen LogP contribution in [0.2, 0.25) is 0 Å². The Morgan fingerprint density at radius 2 is 1.86 bits per heavy atom. The van der Waals surface area contributed by atoms with Crippen LogP contribution in [0.4, 0.5) is 5.69 Å². The van der Waals surface area contributed by atoms with Gasteiger partial charge in [-0.1, -0.05) is 26.7 Å². The topological polar surface area (TPSA) is 71.2 Å². The number of ether oxygens (including phenoxy) is 1. The Labute approximate surface area is 126 Å². The molecule has 1 heterocycles. The molecule has 5 nitrogen and oxygen atoms in total. The molecular weight excluding hydrogens is 268 g/mol. The molecule has 0 spiro atoms. The van der Waals surface area contributed by atoms with Crippen molar-refractivity contribution in [3.63, 3.8) is 0 Å². The first-order valence-electron chi connectivity index (χ1n) is 7.70. The van der Waals surface area contributed by atoms with Gasteiger partial charge in [0.25, 0.3) is 0 Å². The third-order valence-corrected chi connectivity index (χ3v) is 3.46. The molecule has 0 saturated carbocycles. The Morgan fingerprint density at radius 3 is 2.38 bits per heavy atom. The molecule has 0 fully saturated rings. The van der Waals surface area contributed by atoms with Crippen LogP contribution in [0.15, 0.2) is 6.20 Å². The van der Waals surface area contributed by atoms with E-state index in [2.05, 4.69) is 24.1 Å². The monoisotopic (exact) mass is 294 g/mol. The first kappa shape index (κ1) is 17.3. The van der Waals surface area contributed by atoms with Crippen molar-refractivity contribution >= 4 is 17.6 Å². The maximum atomic E-state index is 12.4. The summed E-state index contributed by atoms with van der Waals surface area (Å²) in [6.45, 7) is 8.00. The van der Waals surface area contributed by atoms with Crippen LogP contribution in [0.5, 0.6) is 0 Å². The molecule has 0 aromatic carbocycles. The zero-order chi connectivity index (χ0) is 15.8. The molecule has 0 aliphatic heterocycles. The number of rotatable bonds is 8. The third kappa shape index (κ3) is 4.62. The summed E-state index contributed by atoms with van der Waals surface area (Å²) in [6.07, 6.45) is 5.30. The van der Waals surface area contributed by atoms with Gasteiger partial charge in [-0.2, -0.15) is 0 Å². The van der Waals surface area contributed by atoms with E-state index >= 15 is 0 Å². The van der Waals surface area contributed by atoms with Crippen molar-refractivity contribution in [3.8, 4) is 0 Å². The smallest absolute Gasteiger partial charge is 0.342 e. The lowest BCUT2D eigenvalue weighted by Crippen LogP contribution is -2.23. The molecular formula is C16H26N2O3. The van der Waals surface area contributed by atoms with Gasteiger partial charge in [0.2, 0.25) is 5.91 Å². The number of aryl methyl sites for hydroxylation is 1. The number of hydrogen-bond acceptors (Lipinski definition) is 3. The highest BCUT2D eigenvalue weighted by Gasteiger charge is 2.22. The molecule has 1 amide bonds. The molecule has 0 radical (unpaired) electrons. The summed E-state index contributed by atoms with van der Waals surface area (Å²) in [5.41, 5.74) is 1.62. The van der Waals surface area contributed by atoms with E-state index in [9.17, 15) is 9.59 Å². The SMILES string of the molecule is CCCC(CCC)C(=O)Nc1c[nH]c(C)c1C(=O)OCC. The van der Waals surface area contributed by atoms with Crippen LogP contribution in [0.25, 0.3) is 0 Å². The fourth-order valence-electron chi connectivity index (χ4n) is 2.43. The van der Waals surface area contributed by atoms with Crippen LogP contribution in [0, 0.1) is 12.8 Å². The highest BCUT2D eigenvalue weighted by Crippen LogP contribution is 2.23. The maximum Gasteiger partial charge on any atom is 0.342 e. The number of aromatic nitrogens is 1. The van der Waals surface area contributed by atoms with Gasteiger partial charge < -0.3 is 15.0 Å². The minimum absolute atomic E-state index is 0.00903. The van der Waals surface area contributed by atoms with Crippen LogP contribution >= 0.6 is 0 Å². The van der Waals surface area contributed by atoms with E-state index in [1.807, 2.05) is 0 Å². The molecule has 21 heavy (non-hydrogen) atoms. The second kappa shape index (κ2) is 8.49. The number of hydrogen-bond donors (Lipinski definition) is 2. The fraction of sp³-hybridized carbons (Fsp3) is 0.625. The Bertz CT molecular complexity index is 474. The van der Waals surface area contributed by atoms with Crippen molar-refractivity contribution < 1.29 is 14.3 Å². The van der Waals surface area contributed by atoms with E-state index in [0.29, 0.717) is 23.6 Å². The average Bonchev–Trinajstić information content (AvgIpc) is 2.79. The second-order valence-corrected chi connectivity index (χ2v) is 5.19. The normalized spacial score (nSPS) is 10.7. The first-order valence-corrected chi connectivity index (χ1v) is 7.70. The van der Waals surface area contributed by atoms with Crippen molar-refractivity contribution in [2.24, 2.45) is 5.92 Å². The predicted octanol–water partition coefficient (Wildman–Crippen LogP) is 3.65. The minimum Gasteiger partial charge on any atom is -0.462 e. The molecule has 5 heteroatoms. The number of esters is 1. The Balaban J connectivity index is 2.87. The van der Waals surface area contributed by atoms with Crippen LogP contribution < -0.4 is 5.32 Å². The second-order valence-electron chi connectivity index (χ2n) is 5.19. The van der Waals surface area contributed by atoms with Gasteiger partial charge in [-0.15, -0.1) is 0 Å². The quantitative estimate of drug-likeness (QED) is 0.719. The molecule has 118 valence electrons. The van der Waals surface area contributed by atoms with E-state index < -0.39 is 5.97 Å². The summed E-state index contributed by atoms with van der Waals surface area (Å²) in [5.74, 6) is -0.442. The number of nitrogens with one attached hydrogen (secondary N) is 2. The summed E-state index contributed by atoms with van der Waals surface area (Å²) < 4.78 is 5.03. The van der Waals surface area contributed by atoms with Gasteiger partial charge in [-0.25, -0.2) is 4.79 Å². The average molecular weight is 294 g/mol. The maximum absolute atomic E-state index is 12.4. The van der Waals surface area contributed by atoms with Crippen LogP contribution in [0.1, 0.15) is 62.5 Å². The number of carbonyl (C=O) groups is 2. The molecule has 0 aliphatic rings. The largest absolute Gasteiger partial charge is 0.462 e. The molecule has 0 saturated heterocycles. The lowest BCUT2D eigenvalue weighted by atomic mass is 9.97. The first-order chi connectivity index (χ1) is 10.0. The summed E-state index contributed by atoms with van der Waals surface area (Å²) >= 11 is 0. The van der Waals surface area contributed by atoms with Crippen LogP contribution in [-0.2, 0) is 9.53 Å². The van der Waals surface area contributed by atoms with Crippen LogP contribution in [-0.4, -0.2) is 23.5 Å². The predicted molar refractivity (Wildman–Crippen MR) is 83.4 cm³/mol. The standard InChI is InChI=1S/C16H26N2O3/c1-5-8-12(9-6-2)15(19)18-13-10-17-11(4)14(13)16(20)21-7-3/h10,12,17H,5-9H2,1-4H3,(H,18,19). The van der Waals surface area contributed by atoms with Gasteiger partial charge in [0.1, 0.15) is 5.56 Å². The van der Waals surface area contributed by atoms with Crippen molar-refractivity contribution in [2.75, 3.05) is 11.9 Å². The van der Waals surface area contributed by atoms with E-state index in [0.717, 1.165) is 25.7 Å². The number of H-pyrrole nitrogens is 1. The summed E-state index contributed by atoms with van der Waals surface area (Å²) in [6, 6.07) is 0. The van der Waals surface area contributed by atoms with Gasteiger partial charge in [-0.3, -0.25) is 4.79 Å². The van der Waals surface area contributed by atoms with Gasteiger partial charge in [-0.05, 0) is 26.7 Å². The molecule has 0 atom stereocenters. The Hall–Kier alpha value is -1.78. The molecule has 0 aliphatic carbocycles. The van der Waals surface area contributed by atoms with E-state index in [4.69, 9.17) is 4.74 Å². The van der Waals surface area contributed by atoms with E-state index in [1.54, 1.807) is 20.0 Å². The zero-order valence-electron chi connectivity index (χ0n) is 13.4. The highest BCUT2D eigenvalue weighted by molar-refractivity contribution is 6.02. The number of amides is 1. The van der Waals surface area contributed by atoms with Gasteiger partial charge in [0.05, 0.1) is 12.3 Å². The third-order valence-electron chi connectivity index (χ3n) is 3.46. The summed E-state index contributed by atoms with van der Waals surface area (Å²) in [4.78, 5) is 27.3. The van der Waals surface area contributed by atoms with Crippen molar-refractivity contribution in [2.45, 2.75) is 53.4 Å². The molecule has 0 unspecified atom stereocenters. The number of carbonyl (C=O) groups excluding carboxylic acids is 2.